The van der Waals surface area contributed by atoms with Crippen LogP contribution in [0.25, 0.3) is 0 Å². The minimum atomic E-state index is -0.237. The van der Waals surface area contributed by atoms with Gasteiger partial charge >= 0.3 is 6.03 Å². The number of urea groups is 1. The molecule has 6 nitrogen and oxygen atoms in total. The van der Waals surface area contributed by atoms with Gasteiger partial charge in [-0.05, 0) is 55.5 Å². The lowest BCUT2D eigenvalue weighted by molar-refractivity contribution is -0.134. The third kappa shape index (κ3) is 7.81. The SMILES string of the molecule is CCC(C(=O)N(Cc1cc(NC(=O)NC(C)C)ccc1N(C)C)CC(C)C)c1ccccc1. The molecule has 2 rings (SSSR count). The highest BCUT2D eigenvalue weighted by Crippen LogP contribution is 2.28. The quantitative estimate of drug-likeness (QED) is 0.503. The zero-order valence-electron chi connectivity index (χ0n) is 21.2. The van der Waals surface area contributed by atoms with Crippen LogP contribution < -0.4 is 15.5 Å². The van der Waals surface area contributed by atoms with Crippen molar-refractivity contribution in [3.8, 4) is 0 Å². The molecular formula is C27H40N4O2. The van der Waals surface area contributed by atoms with Crippen LogP contribution in [0.2, 0.25) is 0 Å². The highest BCUT2D eigenvalue weighted by Gasteiger charge is 2.26. The van der Waals surface area contributed by atoms with E-state index >= 15 is 0 Å². The Labute approximate surface area is 199 Å². The molecule has 180 valence electrons. The number of benzene rings is 2. The predicted molar refractivity (Wildman–Crippen MR) is 138 cm³/mol. The van der Waals surface area contributed by atoms with Crippen LogP contribution in [-0.4, -0.2) is 43.5 Å². The monoisotopic (exact) mass is 452 g/mol. The lowest BCUT2D eigenvalue weighted by atomic mass is 9.94. The van der Waals surface area contributed by atoms with Gasteiger partial charge in [0.25, 0.3) is 0 Å². The third-order valence-electron chi connectivity index (χ3n) is 5.41. The number of anilines is 2. The summed E-state index contributed by atoms with van der Waals surface area (Å²) in [6.45, 7) is 11.3. The molecule has 0 aliphatic rings. The van der Waals surface area contributed by atoms with E-state index in [2.05, 4.69) is 31.4 Å². The topological polar surface area (TPSA) is 64.7 Å². The van der Waals surface area contributed by atoms with Crippen molar-refractivity contribution < 1.29 is 9.59 Å². The van der Waals surface area contributed by atoms with E-state index in [1.54, 1.807) is 0 Å². The van der Waals surface area contributed by atoms with Gasteiger partial charge in [-0.3, -0.25) is 4.79 Å². The molecule has 0 aromatic heterocycles. The molecule has 0 heterocycles. The Hall–Kier alpha value is -3.02. The summed E-state index contributed by atoms with van der Waals surface area (Å²) in [5, 5.41) is 5.76. The Balaban J connectivity index is 2.36. The molecule has 6 heteroatoms. The smallest absolute Gasteiger partial charge is 0.319 e. The van der Waals surface area contributed by atoms with E-state index in [-0.39, 0.29) is 23.9 Å². The van der Waals surface area contributed by atoms with E-state index < -0.39 is 0 Å². The van der Waals surface area contributed by atoms with Crippen LogP contribution in [-0.2, 0) is 11.3 Å². The van der Waals surface area contributed by atoms with Crippen LogP contribution in [0.15, 0.2) is 48.5 Å². The van der Waals surface area contributed by atoms with Crippen LogP contribution in [0.4, 0.5) is 16.2 Å². The van der Waals surface area contributed by atoms with Gasteiger partial charge in [0.05, 0.1) is 5.92 Å². The largest absolute Gasteiger partial charge is 0.377 e. The van der Waals surface area contributed by atoms with Crippen molar-refractivity contribution in [3.63, 3.8) is 0 Å². The summed E-state index contributed by atoms with van der Waals surface area (Å²) < 4.78 is 0. The second kappa shape index (κ2) is 12.3. The Bertz CT molecular complexity index is 910. The van der Waals surface area contributed by atoms with Gasteiger partial charge in [0.1, 0.15) is 0 Å². The number of carbonyl (C=O) groups is 2. The predicted octanol–water partition coefficient (Wildman–Crippen LogP) is 5.46. The van der Waals surface area contributed by atoms with Crippen molar-refractivity contribution in [1.29, 1.82) is 0 Å². The zero-order chi connectivity index (χ0) is 24.5. The second-order valence-electron chi connectivity index (χ2n) is 9.48. The van der Waals surface area contributed by atoms with Crippen molar-refractivity contribution >= 4 is 23.3 Å². The number of amides is 3. The van der Waals surface area contributed by atoms with E-state index in [0.717, 1.165) is 23.2 Å². The fourth-order valence-corrected chi connectivity index (χ4v) is 3.99. The molecule has 0 fully saturated rings. The van der Waals surface area contributed by atoms with Gasteiger partial charge in [-0.2, -0.15) is 0 Å². The molecular weight excluding hydrogens is 412 g/mol. The normalized spacial score (nSPS) is 11.9. The van der Waals surface area contributed by atoms with Crippen molar-refractivity contribution in [2.24, 2.45) is 5.92 Å². The first-order chi connectivity index (χ1) is 15.6. The van der Waals surface area contributed by atoms with Gasteiger partial charge in [-0.25, -0.2) is 4.79 Å². The van der Waals surface area contributed by atoms with E-state index in [1.807, 2.05) is 86.3 Å². The van der Waals surface area contributed by atoms with Crippen molar-refractivity contribution in [2.75, 3.05) is 30.9 Å². The maximum Gasteiger partial charge on any atom is 0.319 e. The Morgan fingerprint density at radius 3 is 2.18 bits per heavy atom. The van der Waals surface area contributed by atoms with E-state index in [4.69, 9.17) is 0 Å². The molecule has 2 N–H and O–H groups in total. The maximum atomic E-state index is 13.7. The molecule has 1 unspecified atom stereocenters. The molecule has 0 aliphatic carbocycles. The minimum Gasteiger partial charge on any atom is -0.377 e. The van der Waals surface area contributed by atoms with E-state index in [9.17, 15) is 9.59 Å². The Kier molecular flexibility index (Phi) is 9.76. The van der Waals surface area contributed by atoms with Crippen LogP contribution in [0.5, 0.6) is 0 Å². The minimum absolute atomic E-state index is 0.0497. The van der Waals surface area contributed by atoms with Gasteiger partial charge in [-0.15, -0.1) is 0 Å². The second-order valence-corrected chi connectivity index (χ2v) is 9.48. The Morgan fingerprint density at radius 2 is 1.64 bits per heavy atom. The number of hydrogen-bond acceptors (Lipinski definition) is 3. The summed E-state index contributed by atoms with van der Waals surface area (Å²) in [7, 11) is 3.98. The summed E-state index contributed by atoms with van der Waals surface area (Å²) >= 11 is 0. The van der Waals surface area contributed by atoms with Gasteiger partial charge in [0.2, 0.25) is 5.91 Å². The van der Waals surface area contributed by atoms with Crippen molar-refractivity contribution in [1.82, 2.24) is 10.2 Å². The van der Waals surface area contributed by atoms with Crippen LogP contribution in [0.1, 0.15) is 58.1 Å². The summed E-state index contributed by atoms with van der Waals surface area (Å²) in [4.78, 5) is 29.9. The molecule has 2 aromatic rings. The Morgan fingerprint density at radius 1 is 0.970 bits per heavy atom. The van der Waals surface area contributed by atoms with Gasteiger partial charge in [-0.1, -0.05) is 51.1 Å². The number of nitrogens with one attached hydrogen (secondary N) is 2. The first-order valence-electron chi connectivity index (χ1n) is 11.8. The van der Waals surface area contributed by atoms with E-state index in [0.29, 0.717) is 24.7 Å². The summed E-state index contributed by atoms with van der Waals surface area (Å²) in [5.41, 5.74) is 3.78. The fraction of sp³-hybridized carbons (Fsp3) is 0.481. The lowest BCUT2D eigenvalue weighted by Crippen LogP contribution is -2.37. The van der Waals surface area contributed by atoms with Gasteiger partial charge < -0.3 is 20.4 Å². The number of hydrogen-bond donors (Lipinski definition) is 2. The van der Waals surface area contributed by atoms with Gasteiger partial charge in [0.15, 0.2) is 0 Å². The third-order valence-corrected chi connectivity index (χ3v) is 5.41. The molecule has 2 aromatic carbocycles. The lowest BCUT2D eigenvalue weighted by Gasteiger charge is -2.30. The van der Waals surface area contributed by atoms with Crippen molar-refractivity contribution in [2.45, 2.75) is 59.5 Å². The molecule has 33 heavy (non-hydrogen) atoms. The van der Waals surface area contributed by atoms with Crippen LogP contribution in [0.3, 0.4) is 0 Å². The van der Waals surface area contributed by atoms with Crippen LogP contribution in [0, 0.1) is 5.92 Å². The maximum absolute atomic E-state index is 13.7. The molecule has 1 atom stereocenters. The first kappa shape index (κ1) is 26.2. The molecule has 0 saturated heterocycles. The number of rotatable bonds is 10. The zero-order valence-corrected chi connectivity index (χ0v) is 21.2. The highest BCUT2D eigenvalue weighted by molar-refractivity contribution is 5.90. The summed E-state index contributed by atoms with van der Waals surface area (Å²) in [6.07, 6.45) is 0.745. The highest BCUT2D eigenvalue weighted by atomic mass is 16.2. The van der Waals surface area contributed by atoms with Crippen molar-refractivity contribution in [3.05, 3.63) is 59.7 Å². The average Bonchev–Trinajstić information content (AvgIpc) is 2.73. The first-order valence-corrected chi connectivity index (χ1v) is 11.8. The van der Waals surface area contributed by atoms with Crippen LogP contribution >= 0.6 is 0 Å². The molecule has 0 saturated carbocycles. The molecule has 0 radical (unpaired) electrons. The average molecular weight is 453 g/mol. The summed E-state index contributed by atoms with van der Waals surface area (Å²) in [6, 6.07) is 15.7. The molecule has 0 aliphatic heterocycles. The molecule has 0 spiro atoms. The molecule has 0 bridgehead atoms. The number of carbonyl (C=O) groups excluding carboxylic acids is 2. The van der Waals surface area contributed by atoms with Gasteiger partial charge in [0, 0.05) is 44.6 Å². The standard InChI is InChI=1S/C27H40N4O2/c1-8-24(21-12-10-9-11-13-21)26(32)31(17-19(2)3)18-22-16-23(14-15-25(22)30(6)7)29-27(33)28-20(4)5/h9-16,19-20,24H,8,17-18H2,1-7H3,(H2,28,29,33). The summed E-state index contributed by atoms with van der Waals surface area (Å²) in [5.74, 6) is 0.298. The number of nitrogens with zero attached hydrogens (tertiary/aromatic N) is 2. The molecule has 3 amide bonds. The fourth-order valence-electron chi connectivity index (χ4n) is 3.99. The van der Waals surface area contributed by atoms with E-state index in [1.165, 1.54) is 0 Å².